The van der Waals surface area contributed by atoms with Crippen molar-refractivity contribution in [3.8, 4) is 5.75 Å². The van der Waals surface area contributed by atoms with Crippen LogP contribution in [0.1, 0.15) is 63.0 Å². The summed E-state index contributed by atoms with van der Waals surface area (Å²) in [4.78, 5) is 0. The minimum atomic E-state index is -0.0494. The first-order valence-electron chi connectivity index (χ1n) is 9.92. The van der Waals surface area contributed by atoms with Crippen LogP contribution in [0.15, 0.2) is 18.2 Å². The third-order valence-electron chi connectivity index (χ3n) is 8.69. The molecule has 2 heteroatoms. The third-order valence-corrected chi connectivity index (χ3v) is 8.69. The summed E-state index contributed by atoms with van der Waals surface area (Å²) in [7, 11) is 1.76. The molecule has 4 aliphatic rings. The summed E-state index contributed by atoms with van der Waals surface area (Å²) in [5, 5.41) is 10.9. The molecule has 1 spiro atoms. The monoisotopic (exact) mass is 326 g/mol. The van der Waals surface area contributed by atoms with E-state index in [9.17, 15) is 5.11 Å². The summed E-state index contributed by atoms with van der Waals surface area (Å²) in [5.74, 6) is 3.98. The van der Waals surface area contributed by atoms with Crippen LogP contribution in [-0.2, 0) is 6.42 Å². The summed E-state index contributed by atoms with van der Waals surface area (Å²) >= 11 is 0. The molecule has 0 bridgehead atoms. The first kappa shape index (κ1) is 15.3. The van der Waals surface area contributed by atoms with Gasteiger partial charge in [-0.3, -0.25) is 0 Å². The van der Waals surface area contributed by atoms with Crippen LogP contribution in [0, 0.1) is 28.6 Å². The number of ether oxygens (including phenoxy) is 1. The van der Waals surface area contributed by atoms with Crippen LogP contribution in [-0.4, -0.2) is 18.3 Å². The van der Waals surface area contributed by atoms with Crippen molar-refractivity contribution in [1.82, 2.24) is 0 Å². The molecule has 7 atom stereocenters. The number of hydrogen-bond donors (Lipinski definition) is 1. The third kappa shape index (κ3) is 1.57. The maximum absolute atomic E-state index is 10.9. The van der Waals surface area contributed by atoms with Crippen molar-refractivity contribution in [2.45, 2.75) is 64.4 Å². The summed E-state index contributed by atoms with van der Waals surface area (Å²) < 4.78 is 5.46. The Balaban J connectivity index is 1.60. The van der Waals surface area contributed by atoms with Crippen LogP contribution in [0.25, 0.3) is 0 Å². The maximum Gasteiger partial charge on any atom is 0.119 e. The van der Waals surface area contributed by atoms with Crippen LogP contribution >= 0.6 is 0 Å². The molecule has 0 unspecified atom stereocenters. The Kier molecular flexibility index (Phi) is 3.04. The molecule has 3 saturated carbocycles. The first-order valence-corrected chi connectivity index (χ1v) is 9.92. The van der Waals surface area contributed by atoms with Gasteiger partial charge in [0, 0.05) is 5.41 Å². The second-order valence-electron chi connectivity index (χ2n) is 9.12. The molecule has 0 heterocycles. The van der Waals surface area contributed by atoms with E-state index in [1.165, 1.54) is 31.2 Å². The molecule has 0 aliphatic heterocycles. The quantitative estimate of drug-likeness (QED) is 0.864. The SMILES string of the molecule is CC[C@]12CC[C@@H]3c4ccc(OC)cc4C[C@@H](C)[C@H]3[C@]13C[C@@H]3C[C@@H]2O. The Morgan fingerprint density at radius 2 is 2.17 bits per heavy atom. The zero-order valence-electron chi connectivity index (χ0n) is 15.2. The van der Waals surface area contributed by atoms with E-state index in [1.54, 1.807) is 12.7 Å². The van der Waals surface area contributed by atoms with Crippen molar-refractivity contribution >= 4 is 0 Å². The van der Waals surface area contributed by atoms with Crippen molar-refractivity contribution in [1.29, 1.82) is 0 Å². The van der Waals surface area contributed by atoms with Gasteiger partial charge in [-0.05, 0) is 90.9 Å². The normalized spacial score (nSPS) is 48.1. The molecule has 4 aliphatic carbocycles. The van der Waals surface area contributed by atoms with Gasteiger partial charge in [0.15, 0.2) is 0 Å². The number of benzene rings is 1. The minimum Gasteiger partial charge on any atom is -0.497 e. The molecule has 0 amide bonds. The number of hydrogen-bond acceptors (Lipinski definition) is 2. The van der Waals surface area contributed by atoms with Gasteiger partial charge in [-0.15, -0.1) is 0 Å². The fourth-order valence-electron chi connectivity index (χ4n) is 7.86. The molecular weight excluding hydrogens is 296 g/mol. The second-order valence-corrected chi connectivity index (χ2v) is 9.12. The molecular formula is C22H30O2. The van der Waals surface area contributed by atoms with Gasteiger partial charge in [0.05, 0.1) is 13.2 Å². The van der Waals surface area contributed by atoms with Crippen LogP contribution in [0.5, 0.6) is 5.75 Å². The Morgan fingerprint density at radius 3 is 2.92 bits per heavy atom. The maximum atomic E-state index is 10.9. The number of fused-ring (bicyclic) bond motifs is 3. The fraction of sp³-hybridized carbons (Fsp3) is 0.727. The van der Waals surface area contributed by atoms with Crippen LogP contribution in [0.2, 0.25) is 0 Å². The molecule has 24 heavy (non-hydrogen) atoms. The number of rotatable bonds is 2. The largest absolute Gasteiger partial charge is 0.497 e. The standard InChI is InChI=1S/C22H30O2/c1-4-21-8-7-18-17-6-5-16(24-3)10-14(17)9-13(2)20(18)22(21)12-15(22)11-19(21)23/h5-6,10,13,15,18-20,23H,4,7-9,11-12H2,1-3H3/t13-,15+,18-,19+,20-,21-,22-/m1/s1. The van der Waals surface area contributed by atoms with Crippen molar-refractivity contribution < 1.29 is 9.84 Å². The molecule has 2 nitrogen and oxygen atoms in total. The molecule has 1 aromatic rings. The highest BCUT2D eigenvalue weighted by Gasteiger charge is 2.78. The van der Waals surface area contributed by atoms with E-state index in [0.717, 1.165) is 36.3 Å². The van der Waals surface area contributed by atoms with Gasteiger partial charge >= 0.3 is 0 Å². The van der Waals surface area contributed by atoms with Crippen LogP contribution < -0.4 is 4.74 Å². The van der Waals surface area contributed by atoms with E-state index < -0.39 is 0 Å². The van der Waals surface area contributed by atoms with E-state index in [0.29, 0.717) is 11.3 Å². The molecule has 1 N–H and O–H groups in total. The highest BCUT2D eigenvalue weighted by Crippen LogP contribution is 2.83. The lowest BCUT2D eigenvalue weighted by Crippen LogP contribution is -2.51. The lowest BCUT2D eigenvalue weighted by atomic mass is 9.49. The molecule has 3 fully saturated rings. The number of aliphatic hydroxyl groups excluding tert-OH is 1. The fourth-order valence-corrected chi connectivity index (χ4v) is 7.86. The molecule has 5 rings (SSSR count). The number of methoxy groups -OCH3 is 1. The average Bonchev–Trinajstić information content (AvgIpc) is 3.22. The number of aliphatic hydroxyl groups is 1. The molecule has 0 aromatic heterocycles. The van der Waals surface area contributed by atoms with Gasteiger partial charge in [-0.1, -0.05) is 19.9 Å². The van der Waals surface area contributed by atoms with Gasteiger partial charge < -0.3 is 9.84 Å². The first-order chi connectivity index (χ1) is 11.6. The summed E-state index contributed by atoms with van der Waals surface area (Å²) in [6, 6.07) is 6.77. The van der Waals surface area contributed by atoms with Crippen molar-refractivity contribution in [2.24, 2.45) is 28.6 Å². The lowest BCUT2D eigenvalue weighted by Gasteiger charge is -2.56. The molecule has 1 aromatic carbocycles. The van der Waals surface area contributed by atoms with Crippen LogP contribution in [0.3, 0.4) is 0 Å². The summed E-state index contributed by atoms with van der Waals surface area (Å²) in [6.45, 7) is 4.80. The van der Waals surface area contributed by atoms with Gasteiger partial charge in [-0.25, -0.2) is 0 Å². The second kappa shape index (κ2) is 4.78. The van der Waals surface area contributed by atoms with E-state index in [4.69, 9.17) is 4.74 Å². The van der Waals surface area contributed by atoms with Gasteiger partial charge in [0.2, 0.25) is 0 Å². The smallest absolute Gasteiger partial charge is 0.119 e. The van der Waals surface area contributed by atoms with E-state index in [1.807, 2.05) is 0 Å². The van der Waals surface area contributed by atoms with Gasteiger partial charge in [0.1, 0.15) is 5.75 Å². The van der Waals surface area contributed by atoms with E-state index in [-0.39, 0.29) is 11.5 Å². The topological polar surface area (TPSA) is 29.5 Å². The average molecular weight is 326 g/mol. The van der Waals surface area contributed by atoms with Gasteiger partial charge in [0.25, 0.3) is 0 Å². The zero-order valence-corrected chi connectivity index (χ0v) is 15.2. The van der Waals surface area contributed by atoms with Crippen LogP contribution in [0.4, 0.5) is 0 Å². The van der Waals surface area contributed by atoms with Crippen molar-refractivity contribution in [2.75, 3.05) is 7.11 Å². The Bertz CT molecular complexity index is 683. The van der Waals surface area contributed by atoms with E-state index in [2.05, 4.69) is 32.0 Å². The lowest BCUT2D eigenvalue weighted by molar-refractivity contribution is -0.0836. The Labute approximate surface area is 145 Å². The van der Waals surface area contributed by atoms with E-state index >= 15 is 0 Å². The highest BCUT2D eigenvalue weighted by molar-refractivity contribution is 5.43. The molecule has 130 valence electrons. The molecule has 0 radical (unpaired) electrons. The molecule has 0 saturated heterocycles. The summed E-state index contributed by atoms with van der Waals surface area (Å²) in [5.41, 5.74) is 3.77. The highest BCUT2D eigenvalue weighted by atomic mass is 16.5. The van der Waals surface area contributed by atoms with Crippen molar-refractivity contribution in [3.05, 3.63) is 29.3 Å². The minimum absolute atomic E-state index is 0.0494. The summed E-state index contributed by atoms with van der Waals surface area (Å²) in [6.07, 6.45) is 7.22. The Morgan fingerprint density at radius 1 is 1.33 bits per heavy atom. The Hall–Kier alpha value is -1.02. The zero-order chi connectivity index (χ0) is 16.7. The predicted molar refractivity (Wildman–Crippen MR) is 95.2 cm³/mol. The predicted octanol–water partition coefficient (Wildman–Crippen LogP) is 4.55. The van der Waals surface area contributed by atoms with Gasteiger partial charge in [-0.2, -0.15) is 0 Å². The van der Waals surface area contributed by atoms with Crippen molar-refractivity contribution in [3.63, 3.8) is 0 Å².